The first-order valence-electron chi connectivity index (χ1n) is 6.58. The van der Waals surface area contributed by atoms with Gasteiger partial charge in [0.05, 0.1) is 0 Å². The first-order chi connectivity index (χ1) is 10.6. The molecule has 1 aromatic heterocycles. The van der Waals surface area contributed by atoms with Gasteiger partial charge in [0.25, 0.3) is 0 Å². The number of benzene rings is 1. The quantitative estimate of drug-likeness (QED) is 0.873. The molecule has 3 rings (SSSR count). The van der Waals surface area contributed by atoms with E-state index in [0.717, 1.165) is 0 Å². The largest absolute Gasteiger partial charge is 0.486 e. The lowest BCUT2D eigenvalue weighted by Crippen LogP contribution is -2.20. The zero-order valence-corrected chi connectivity index (χ0v) is 11.5. The minimum Gasteiger partial charge on any atom is -0.486 e. The molecular weight excluding hydrogens is 290 g/mol. The van der Waals surface area contributed by atoms with Crippen LogP contribution in [0.3, 0.4) is 0 Å². The third-order valence-electron chi connectivity index (χ3n) is 2.99. The summed E-state index contributed by atoms with van der Waals surface area (Å²) in [7, 11) is 0. The summed E-state index contributed by atoms with van der Waals surface area (Å²) >= 11 is 0. The normalized spacial score (nSPS) is 12.7. The Kier molecular flexibility index (Phi) is 3.65. The van der Waals surface area contributed by atoms with Crippen LogP contribution in [0, 0.1) is 0 Å². The number of carboxylic acids is 1. The highest BCUT2D eigenvalue weighted by Crippen LogP contribution is 2.32. The summed E-state index contributed by atoms with van der Waals surface area (Å²) in [6, 6.07) is 6.44. The van der Waals surface area contributed by atoms with Crippen LogP contribution in [0.15, 0.2) is 30.5 Å². The average molecular weight is 303 g/mol. The van der Waals surface area contributed by atoms with Gasteiger partial charge in [-0.3, -0.25) is 9.48 Å². The van der Waals surface area contributed by atoms with Gasteiger partial charge >= 0.3 is 5.97 Å². The average Bonchev–Trinajstić information content (AvgIpc) is 2.95. The molecule has 114 valence electrons. The third kappa shape index (κ3) is 3.00. The maximum absolute atomic E-state index is 11.9. The van der Waals surface area contributed by atoms with Gasteiger partial charge in [-0.2, -0.15) is 5.10 Å². The Balaban J connectivity index is 1.65. The van der Waals surface area contributed by atoms with Gasteiger partial charge in [-0.15, -0.1) is 0 Å². The van der Waals surface area contributed by atoms with Gasteiger partial charge in [-0.1, -0.05) is 0 Å². The van der Waals surface area contributed by atoms with Crippen LogP contribution in [0.4, 0.5) is 5.69 Å². The standard InChI is InChI=1S/C14H13N3O5/c18-13(8-17-4-3-10(16-17)14(19)20)15-9-1-2-11-12(7-9)22-6-5-21-11/h1-4,7H,5-6,8H2,(H,15,18)(H,19,20). The van der Waals surface area contributed by atoms with Crippen molar-refractivity contribution in [2.24, 2.45) is 0 Å². The summed E-state index contributed by atoms with van der Waals surface area (Å²) in [6.45, 7) is 0.890. The van der Waals surface area contributed by atoms with Crippen LogP contribution in [0.5, 0.6) is 11.5 Å². The van der Waals surface area contributed by atoms with Crippen molar-refractivity contribution >= 4 is 17.6 Å². The summed E-state index contributed by atoms with van der Waals surface area (Å²) in [5, 5.41) is 15.2. The molecule has 0 radical (unpaired) electrons. The van der Waals surface area contributed by atoms with Crippen LogP contribution in [0.2, 0.25) is 0 Å². The predicted octanol–water partition coefficient (Wildman–Crippen LogP) is 0.991. The fraction of sp³-hybridized carbons (Fsp3) is 0.214. The molecule has 2 aromatic rings. The van der Waals surface area contributed by atoms with Crippen molar-refractivity contribution in [3.63, 3.8) is 0 Å². The minimum atomic E-state index is -1.13. The number of anilines is 1. The number of rotatable bonds is 4. The zero-order chi connectivity index (χ0) is 15.5. The molecule has 0 unspecified atom stereocenters. The molecule has 1 aromatic carbocycles. The van der Waals surface area contributed by atoms with Crippen LogP contribution in [0.1, 0.15) is 10.5 Å². The number of aromatic carboxylic acids is 1. The van der Waals surface area contributed by atoms with Gasteiger partial charge < -0.3 is 19.9 Å². The Morgan fingerprint density at radius 1 is 1.23 bits per heavy atom. The van der Waals surface area contributed by atoms with Crippen molar-refractivity contribution in [1.29, 1.82) is 0 Å². The molecule has 0 fully saturated rings. The second kappa shape index (κ2) is 5.76. The number of ether oxygens (including phenoxy) is 2. The van der Waals surface area contributed by atoms with Crippen LogP contribution in [0.25, 0.3) is 0 Å². The first kappa shape index (κ1) is 13.9. The lowest BCUT2D eigenvalue weighted by molar-refractivity contribution is -0.116. The number of hydrogen-bond acceptors (Lipinski definition) is 5. The summed E-state index contributed by atoms with van der Waals surface area (Å²) < 4.78 is 12.1. The van der Waals surface area contributed by atoms with E-state index in [-0.39, 0.29) is 18.1 Å². The Morgan fingerprint density at radius 3 is 2.73 bits per heavy atom. The van der Waals surface area contributed by atoms with E-state index in [1.54, 1.807) is 18.2 Å². The maximum atomic E-state index is 11.9. The second-order valence-electron chi connectivity index (χ2n) is 4.61. The number of amides is 1. The fourth-order valence-corrected chi connectivity index (χ4v) is 2.03. The number of nitrogens with zero attached hydrogens (tertiary/aromatic N) is 2. The van der Waals surface area contributed by atoms with Gasteiger partial charge in [0, 0.05) is 18.0 Å². The van der Waals surface area contributed by atoms with Crippen molar-refractivity contribution in [2.45, 2.75) is 6.54 Å². The molecule has 0 spiro atoms. The fourth-order valence-electron chi connectivity index (χ4n) is 2.03. The van der Waals surface area contributed by atoms with Gasteiger partial charge in [0.2, 0.25) is 5.91 Å². The maximum Gasteiger partial charge on any atom is 0.356 e. The SMILES string of the molecule is O=C(Cn1ccc(C(=O)O)n1)Nc1ccc2c(c1)OCCO2. The minimum absolute atomic E-state index is 0.0816. The Hall–Kier alpha value is -3.03. The van der Waals surface area contributed by atoms with Gasteiger partial charge in [-0.25, -0.2) is 4.79 Å². The topological polar surface area (TPSA) is 103 Å². The Morgan fingerprint density at radius 2 is 2.00 bits per heavy atom. The van der Waals surface area contributed by atoms with Crippen molar-refractivity contribution in [2.75, 3.05) is 18.5 Å². The van der Waals surface area contributed by atoms with Crippen LogP contribution >= 0.6 is 0 Å². The van der Waals surface area contributed by atoms with Crippen molar-refractivity contribution in [1.82, 2.24) is 9.78 Å². The summed E-state index contributed by atoms with van der Waals surface area (Å²) in [4.78, 5) is 22.7. The van der Waals surface area contributed by atoms with Crippen LogP contribution in [-0.4, -0.2) is 40.0 Å². The summed E-state index contributed by atoms with van der Waals surface area (Å²) in [5.41, 5.74) is 0.465. The lowest BCUT2D eigenvalue weighted by Gasteiger charge is -2.19. The van der Waals surface area contributed by atoms with E-state index < -0.39 is 5.97 Å². The Labute approximate surface area is 125 Å². The van der Waals surface area contributed by atoms with Crippen LogP contribution in [-0.2, 0) is 11.3 Å². The molecule has 2 N–H and O–H groups in total. The molecule has 1 aliphatic rings. The molecule has 1 aliphatic heterocycles. The zero-order valence-electron chi connectivity index (χ0n) is 11.5. The van der Waals surface area contributed by atoms with Crippen molar-refractivity contribution in [3.05, 3.63) is 36.2 Å². The van der Waals surface area contributed by atoms with Crippen molar-refractivity contribution in [3.8, 4) is 11.5 Å². The van der Waals surface area contributed by atoms with E-state index in [9.17, 15) is 9.59 Å². The number of carboxylic acid groups (broad SMARTS) is 1. The predicted molar refractivity (Wildman–Crippen MR) is 75.2 cm³/mol. The summed E-state index contributed by atoms with van der Waals surface area (Å²) in [6.07, 6.45) is 1.44. The van der Waals surface area contributed by atoms with E-state index >= 15 is 0 Å². The molecule has 8 heteroatoms. The lowest BCUT2D eigenvalue weighted by atomic mass is 10.2. The van der Waals surface area contributed by atoms with Gasteiger partial charge in [-0.05, 0) is 18.2 Å². The highest BCUT2D eigenvalue weighted by atomic mass is 16.6. The number of hydrogen-bond donors (Lipinski definition) is 2. The molecule has 22 heavy (non-hydrogen) atoms. The highest BCUT2D eigenvalue weighted by Gasteiger charge is 2.13. The summed E-state index contributed by atoms with van der Waals surface area (Å²) in [5.74, 6) is -0.235. The molecule has 0 bridgehead atoms. The number of nitrogens with one attached hydrogen (secondary N) is 1. The smallest absolute Gasteiger partial charge is 0.356 e. The Bertz CT molecular complexity index is 725. The van der Waals surface area contributed by atoms with E-state index in [0.29, 0.717) is 30.4 Å². The number of fused-ring (bicyclic) bond motifs is 1. The molecule has 1 amide bonds. The number of carbonyl (C=O) groups is 2. The van der Waals surface area contributed by atoms with E-state index in [2.05, 4.69) is 10.4 Å². The molecule has 2 heterocycles. The van der Waals surface area contributed by atoms with Gasteiger partial charge in [0.15, 0.2) is 17.2 Å². The molecule has 0 saturated heterocycles. The first-order valence-corrected chi connectivity index (χ1v) is 6.58. The third-order valence-corrected chi connectivity index (χ3v) is 2.99. The molecular formula is C14H13N3O5. The molecule has 0 atom stereocenters. The number of carbonyl (C=O) groups excluding carboxylic acids is 1. The van der Waals surface area contributed by atoms with E-state index in [1.807, 2.05) is 0 Å². The van der Waals surface area contributed by atoms with Crippen molar-refractivity contribution < 1.29 is 24.2 Å². The van der Waals surface area contributed by atoms with E-state index in [1.165, 1.54) is 16.9 Å². The molecule has 0 aliphatic carbocycles. The second-order valence-corrected chi connectivity index (χ2v) is 4.61. The number of aromatic nitrogens is 2. The highest BCUT2D eigenvalue weighted by molar-refractivity contribution is 5.91. The van der Waals surface area contributed by atoms with Gasteiger partial charge in [0.1, 0.15) is 19.8 Å². The van der Waals surface area contributed by atoms with Crippen LogP contribution < -0.4 is 14.8 Å². The monoisotopic (exact) mass is 303 g/mol. The van der Waals surface area contributed by atoms with E-state index in [4.69, 9.17) is 14.6 Å². The molecule has 0 saturated carbocycles. The molecule has 8 nitrogen and oxygen atoms in total.